The largest absolute Gasteiger partial charge is 0.507 e. The van der Waals surface area contributed by atoms with Crippen LogP contribution in [0.1, 0.15) is 29.9 Å². The summed E-state index contributed by atoms with van der Waals surface area (Å²) in [7, 11) is 1.54. The van der Waals surface area contributed by atoms with Crippen LogP contribution in [0, 0.1) is 11.3 Å². The van der Waals surface area contributed by atoms with Gasteiger partial charge in [0.25, 0.3) is 0 Å². The van der Waals surface area contributed by atoms with Crippen LogP contribution in [0.3, 0.4) is 0 Å². The summed E-state index contributed by atoms with van der Waals surface area (Å²) in [6, 6.07) is 9.07. The fraction of sp³-hybridized carbons (Fsp3) is 0.333. The summed E-state index contributed by atoms with van der Waals surface area (Å²) in [5.74, 6) is 0.966. The van der Waals surface area contributed by atoms with E-state index in [1.54, 1.807) is 18.2 Å². The van der Waals surface area contributed by atoms with E-state index < -0.39 is 0 Å². The maximum atomic E-state index is 10.3. The third kappa shape index (κ3) is 2.86. The van der Waals surface area contributed by atoms with E-state index in [0.717, 1.165) is 31.5 Å². The molecule has 3 rings (SSSR count). The monoisotopic (exact) mass is 324 g/mol. The lowest BCUT2D eigenvalue weighted by molar-refractivity contribution is 0.410. The lowest BCUT2D eigenvalue weighted by Gasteiger charge is -2.25. The van der Waals surface area contributed by atoms with Gasteiger partial charge < -0.3 is 20.9 Å². The Labute approximate surface area is 140 Å². The van der Waals surface area contributed by atoms with Gasteiger partial charge in [0.2, 0.25) is 0 Å². The van der Waals surface area contributed by atoms with Crippen molar-refractivity contribution in [3.63, 3.8) is 0 Å². The number of methoxy groups -OCH3 is 1. The van der Waals surface area contributed by atoms with E-state index in [4.69, 9.17) is 10.5 Å². The Bertz CT molecular complexity index is 792. The second-order valence-corrected chi connectivity index (χ2v) is 5.87. The standard InChI is InChI=1S/C18H20N4O2/c1-24-16-6-2-5-15(23)17(16)14-8-12(11-4-3-7-21-10-11)13(9-19)18(20)22-14/h2,5-6,8,11,21,23H,3-4,7,10H2,1H3,(H2,20,22). The number of nitrogen functional groups attached to an aromatic ring is 1. The number of benzene rings is 1. The molecule has 0 saturated carbocycles. The number of piperidine rings is 1. The average molecular weight is 324 g/mol. The van der Waals surface area contributed by atoms with Gasteiger partial charge in [-0.05, 0) is 49.1 Å². The first-order valence-corrected chi connectivity index (χ1v) is 7.93. The molecule has 2 aromatic rings. The van der Waals surface area contributed by atoms with Crippen molar-refractivity contribution >= 4 is 5.82 Å². The summed E-state index contributed by atoms with van der Waals surface area (Å²) < 4.78 is 5.34. The molecule has 0 radical (unpaired) electrons. The summed E-state index contributed by atoms with van der Waals surface area (Å²) in [6.45, 7) is 1.79. The van der Waals surface area contributed by atoms with Crippen molar-refractivity contribution in [2.45, 2.75) is 18.8 Å². The highest BCUT2D eigenvalue weighted by Crippen LogP contribution is 2.39. The number of phenols is 1. The van der Waals surface area contributed by atoms with E-state index in [9.17, 15) is 10.4 Å². The number of rotatable bonds is 3. The van der Waals surface area contributed by atoms with E-state index in [0.29, 0.717) is 22.6 Å². The van der Waals surface area contributed by atoms with Crippen LogP contribution < -0.4 is 15.8 Å². The van der Waals surface area contributed by atoms with Gasteiger partial charge in [-0.15, -0.1) is 0 Å². The molecule has 1 unspecified atom stereocenters. The van der Waals surface area contributed by atoms with Gasteiger partial charge in [0, 0.05) is 6.54 Å². The highest BCUT2D eigenvalue weighted by Gasteiger charge is 2.23. The van der Waals surface area contributed by atoms with Crippen LogP contribution in [0.4, 0.5) is 5.82 Å². The van der Waals surface area contributed by atoms with Gasteiger partial charge in [-0.2, -0.15) is 5.26 Å². The summed E-state index contributed by atoms with van der Waals surface area (Å²) in [5, 5.41) is 23.1. The van der Waals surface area contributed by atoms with Crippen LogP contribution in [0.5, 0.6) is 11.5 Å². The highest BCUT2D eigenvalue weighted by atomic mass is 16.5. The quantitative estimate of drug-likeness (QED) is 0.801. The molecule has 1 aromatic carbocycles. The van der Waals surface area contributed by atoms with Gasteiger partial charge in [0.05, 0.1) is 23.9 Å². The average Bonchev–Trinajstić information content (AvgIpc) is 2.61. The van der Waals surface area contributed by atoms with Crippen molar-refractivity contribution in [3.8, 4) is 28.8 Å². The number of ether oxygens (including phenoxy) is 1. The molecular formula is C18H20N4O2. The highest BCUT2D eigenvalue weighted by molar-refractivity contribution is 5.76. The Morgan fingerprint density at radius 3 is 2.96 bits per heavy atom. The molecule has 2 heterocycles. The molecule has 6 nitrogen and oxygen atoms in total. The fourth-order valence-electron chi connectivity index (χ4n) is 3.22. The van der Waals surface area contributed by atoms with Gasteiger partial charge in [-0.3, -0.25) is 0 Å². The normalized spacial score (nSPS) is 17.2. The second kappa shape index (κ2) is 6.77. The number of anilines is 1. The second-order valence-electron chi connectivity index (χ2n) is 5.87. The third-order valence-corrected chi connectivity index (χ3v) is 4.41. The third-order valence-electron chi connectivity index (χ3n) is 4.41. The van der Waals surface area contributed by atoms with Crippen LogP contribution in [0.15, 0.2) is 24.3 Å². The number of aromatic hydroxyl groups is 1. The van der Waals surface area contributed by atoms with Crippen LogP contribution in [-0.4, -0.2) is 30.3 Å². The number of nitrogens with two attached hydrogens (primary N) is 1. The number of aromatic nitrogens is 1. The molecule has 0 aliphatic carbocycles. The first-order chi connectivity index (χ1) is 11.7. The number of pyridine rings is 1. The number of hydrogen-bond donors (Lipinski definition) is 3. The van der Waals surface area contributed by atoms with Crippen molar-refractivity contribution in [3.05, 3.63) is 35.4 Å². The van der Waals surface area contributed by atoms with Crippen molar-refractivity contribution in [1.29, 1.82) is 5.26 Å². The van der Waals surface area contributed by atoms with E-state index in [-0.39, 0.29) is 17.5 Å². The number of nitrogens with one attached hydrogen (secondary N) is 1. The van der Waals surface area contributed by atoms with Crippen molar-refractivity contribution in [2.24, 2.45) is 0 Å². The van der Waals surface area contributed by atoms with Gasteiger partial charge in [0.1, 0.15) is 23.4 Å². The maximum Gasteiger partial charge on any atom is 0.142 e. The predicted octanol–water partition coefficient (Wildman–Crippen LogP) is 2.38. The minimum absolute atomic E-state index is 0.0682. The Hall–Kier alpha value is -2.78. The van der Waals surface area contributed by atoms with E-state index in [1.807, 2.05) is 6.07 Å². The molecule has 124 valence electrons. The van der Waals surface area contributed by atoms with E-state index >= 15 is 0 Å². The SMILES string of the molecule is COc1cccc(O)c1-c1cc(C2CCCNC2)c(C#N)c(N)n1. The van der Waals surface area contributed by atoms with Gasteiger partial charge in [-0.25, -0.2) is 4.98 Å². The maximum absolute atomic E-state index is 10.3. The minimum atomic E-state index is 0.0682. The molecule has 1 saturated heterocycles. The molecule has 1 atom stereocenters. The molecule has 1 aromatic heterocycles. The summed E-state index contributed by atoms with van der Waals surface area (Å²) in [5.41, 5.74) is 8.34. The van der Waals surface area contributed by atoms with E-state index in [2.05, 4.69) is 16.4 Å². The molecular weight excluding hydrogens is 304 g/mol. The van der Waals surface area contributed by atoms with Crippen LogP contribution in [0.2, 0.25) is 0 Å². The summed E-state index contributed by atoms with van der Waals surface area (Å²) in [4.78, 5) is 4.33. The van der Waals surface area contributed by atoms with Gasteiger partial charge >= 0.3 is 0 Å². The molecule has 1 aliphatic rings. The Kier molecular flexibility index (Phi) is 4.54. The zero-order valence-corrected chi connectivity index (χ0v) is 13.5. The first kappa shape index (κ1) is 16.1. The van der Waals surface area contributed by atoms with Gasteiger partial charge in [0.15, 0.2) is 0 Å². The topological polar surface area (TPSA) is 104 Å². The molecule has 6 heteroatoms. The smallest absolute Gasteiger partial charge is 0.142 e. The summed E-state index contributed by atoms with van der Waals surface area (Å²) >= 11 is 0. The van der Waals surface area contributed by atoms with Crippen LogP contribution >= 0.6 is 0 Å². The predicted molar refractivity (Wildman–Crippen MR) is 91.9 cm³/mol. The molecule has 0 bridgehead atoms. The number of phenolic OH excluding ortho intramolecular Hbond substituents is 1. The van der Waals surface area contributed by atoms with Crippen molar-refractivity contribution in [2.75, 3.05) is 25.9 Å². The van der Waals surface area contributed by atoms with Crippen molar-refractivity contribution < 1.29 is 9.84 Å². The molecule has 1 aliphatic heterocycles. The Morgan fingerprint density at radius 2 is 2.29 bits per heavy atom. The lowest BCUT2D eigenvalue weighted by atomic mass is 9.88. The fourth-order valence-corrected chi connectivity index (χ4v) is 3.22. The molecule has 24 heavy (non-hydrogen) atoms. The zero-order valence-electron chi connectivity index (χ0n) is 13.5. The van der Waals surface area contributed by atoms with Crippen LogP contribution in [0.25, 0.3) is 11.3 Å². The zero-order chi connectivity index (χ0) is 17.1. The van der Waals surface area contributed by atoms with Gasteiger partial charge in [-0.1, -0.05) is 6.07 Å². The Morgan fingerprint density at radius 1 is 1.46 bits per heavy atom. The first-order valence-electron chi connectivity index (χ1n) is 7.93. The van der Waals surface area contributed by atoms with Crippen LogP contribution in [-0.2, 0) is 0 Å². The van der Waals surface area contributed by atoms with E-state index in [1.165, 1.54) is 7.11 Å². The lowest BCUT2D eigenvalue weighted by Crippen LogP contribution is -2.29. The molecule has 0 amide bonds. The molecule has 0 spiro atoms. The number of nitriles is 1. The molecule has 4 N–H and O–H groups in total. The molecule has 1 fully saturated rings. The number of nitrogens with zero attached hydrogens (tertiary/aromatic N) is 2. The van der Waals surface area contributed by atoms with Crippen molar-refractivity contribution in [1.82, 2.24) is 10.3 Å². The summed E-state index contributed by atoms with van der Waals surface area (Å²) in [6.07, 6.45) is 2.04. The minimum Gasteiger partial charge on any atom is -0.507 e. The number of hydrogen-bond acceptors (Lipinski definition) is 6. The Balaban J connectivity index is 2.17.